The summed E-state index contributed by atoms with van der Waals surface area (Å²) in [4.78, 5) is 14.2. The van der Waals surface area contributed by atoms with Crippen molar-refractivity contribution in [2.75, 3.05) is 13.2 Å². The predicted octanol–water partition coefficient (Wildman–Crippen LogP) is 3.21. The lowest BCUT2D eigenvalue weighted by molar-refractivity contribution is -0.131. The van der Waals surface area contributed by atoms with Gasteiger partial charge in [0, 0.05) is 18.1 Å². The number of hydrogen-bond donors (Lipinski definition) is 1. The van der Waals surface area contributed by atoms with Crippen molar-refractivity contribution < 1.29 is 9.90 Å². The fraction of sp³-hybridized carbons (Fsp3) is 0.278. The third-order valence-corrected chi connectivity index (χ3v) is 3.86. The smallest absolute Gasteiger partial charge is 0.227 e. The van der Waals surface area contributed by atoms with Crippen molar-refractivity contribution in [2.24, 2.45) is 0 Å². The Labute approximate surface area is 136 Å². The minimum Gasteiger partial charge on any atom is -0.395 e. The average molecular weight is 318 g/mol. The monoisotopic (exact) mass is 317 g/mol. The number of carbonyl (C=O) groups excluding carboxylic acids is 1. The van der Waals surface area contributed by atoms with Gasteiger partial charge in [0.25, 0.3) is 0 Å². The highest BCUT2D eigenvalue weighted by molar-refractivity contribution is 6.30. The molecular weight excluding hydrogens is 298 g/mol. The Balaban J connectivity index is 2.08. The van der Waals surface area contributed by atoms with Crippen LogP contribution in [0.15, 0.2) is 48.5 Å². The summed E-state index contributed by atoms with van der Waals surface area (Å²) in [5, 5.41) is 9.88. The van der Waals surface area contributed by atoms with Crippen LogP contribution >= 0.6 is 11.6 Å². The van der Waals surface area contributed by atoms with Crippen LogP contribution in [0.4, 0.5) is 0 Å². The Morgan fingerprint density at radius 2 is 1.82 bits per heavy atom. The molecule has 0 aliphatic carbocycles. The Hall–Kier alpha value is -1.84. The van der Waals surface area contributed by atoms with Crippen LogP contribution in [0.25, 0.3) is 0 Å². The van der Waals surface area contributed by atoms with Crippen molar-refractivity contribution >= 4 is 17.5 Å². The van der Waals surface area contributed by atoms with Gasteiger partial charge in [-0.1, -0.05) is 48.0 Å². The molecule has 0 heterocycles. The van der Waals surface area contributed by atoms with Crippen LogP contribution in [0, 0.1) is 6.92 Å². The van der Waals surface area contributed by atoms with Crippen molar-refractivity contribution in [1.82, 2.24) is 4.90 Å². The number of halogens is 1. The molecule has 0 atom stereocenters. The molecule has 1 amide bonds. The van der Waals surface area contributed by atoms with Gasteiger partial charge in [0.05, 0.1) is 13.0 Å². The van der Waals surface area contributed by atoms with Gasteiger partial charge in [0.15, 0.2) is 0 Å². The Kier molecular flexibility index (Phi) is 5.99. The number of aliphatic hydroxyl groups is 1. The van der Waals surface area contributed by atoms with E-state index in [9.17, 15) is 9.90 Å². The van der Waals surface area contributed by atoms with Gasteiger partial charge in [0.1, 0.15) is 0 Å². The summed E-state index contributed by atoms with van der Waals surface area (Å²) in [6.45, 7) is 2.75. The number of aryl methyl sites for hydroxylation is 1. The topological polar surface area (TPSA) is 40.5 Å². The zero-order valence-corrected chi connectivity index (χ0v) is 13.4. The molecule has 0 unspecified atom stereocenters. The number of nitrogens with zero attached hydrogens (tertiary/aromatic N) is 1. The lowest BCUT2D eigenvalue weighted by Gasteiger charge is -2.22. The number of carbonyl (C=O) groups is 1. The summed E-state index contributed by atoms with van der Waals surface area (Å²) >= 11 is 5.88. The second-order valence-electron chi connectivity index (χ2n) is 5.27. The molecule has 2 rings (SSSR count). The highest BCUT2D eigenvalue weighted by Crippen LogP contribution is 2.14. The summed E-state index contributed by atoms with van der Waals surface area (Å²) in [5.74, 6) is 0.0123. The van der Waals surface area contributed by atoms with E-state index in [1.807, 2.05) is 43.3 Å². The Morgan fingerprint density at radius 3 is 2.45 bits per heavy atom. The van der Waals surface area contributed by atoms with Crippen molar-refractivity contribution in [3.63, 3.8) is 0 Å². The Bertz CT molecular complexity index is 625. The van der Waals surface area contributed by atoms with Gasteiger partial charge in [0.2, 0.25) is 5.91 Å². The van der Waals surface area contributed by atoms with E-state index in [2.05, 4.69) is 0 Å². The van der Waals surface area contributed by atoms with E-state index >= 15 is 0 Å². The highest BCUT2D eigenvalue weighted by Gasteiger charge is 2.15. The van der Waals surface area contributed by atoms with E-state index in [1.54, 1.807) is 17.0 Å². The first kappa shape index (κ1) is 16.5. The lowest BCUT2D eigenvalue weighted by Crippen LogP contribution is -2.34. The van der Waals surface area contributed by atoms with E-state index in [1.165, 1.54) is 0 Å². The van der Waals surface area contributed by atoms with E-state index in [0.29, 0.717) is 24.5 Å². The summed E-state index contributed by atoms with van der Waals surface area (Å²) in [5.41, 5.74) is 3.12. The van der Waals surface area contributed by atoms with Gasteiger partial charge in [-0.25, -0.2) is 0 Å². The molecule has 3 nitrogen and oxygen atoms in total. The minimum atomic E-state index is -0.0485. The lowest BCUT2D eigenvalue weighted by atomic mass is 10.1. The molecule has 116 valence electrons. The van der Waals surface area contributed by atoms with Crippen LogP contribution in [0.5, 0.6) is 0 Å². The molecule has 2 aromatic carbocycles. The van der Waals surface area contributed by atoms with Crippen LogP contribution in [-0.4, -0.2) is 29.1 Å². The molecule has 0 aromatic heterocycles. The van der Waals surface area contributed by atoms with Gasteiger partial charge in [-0.15, -0.1) is 0 Å². The molecule has 4 heteroatoms. The van der Waals surface area contributed by atoms with Gasteiger partial charge < -0.3 is 10.0 Å². The van der Waals surface area contributed by atoms with Gasteiger partial charge >= 0.3 is 0 Å². The molecule has 0 radical (unpaired) electrons. The zero-order valence-electron chi connectivity index (χ0n) is 12.6. The third kappa shape index (κ3) is 4.58. The van der Waals surface area contributed by atoms with E-state index in [-0.39, 0.29) is 12.5 Å². The Morgan fingerprint density at radius 1 is 1.14 bits per heavy atom. The summed E-state index contributed by atoms with van der Waals surface area (Å²) in [6.07, 6.45) is 0.347. The van der Waals surface area contributed by atoms with Crippen molar-refractivity contribution in [3.05, 3.63) is 70.2 Å². The van der Waals surface area contributed by atoms with Gasteiger partial charge in [-0.05, 0) is 35.7 Å². The quantitative estimate of drug-likeness (QED) is 0.888. The van der Waals surface area contributed by atoms with E-state index < -0.39 is 0 Å². The first-order valence-electron chi connectivity index (χ1n) is 7.27. The van der Waals surface area contributed by atoms with Gasteiger partial charge in [-0.2, -0.15) is 0 Å². The van der Waals surface area contributed by atoms with Crippen molar-refractivity contribution in [2.45, 2.75) is 19.9 Å². The summed E-state index contributed by atoms with van der Waals surface area (Å²) < 4.78 is 0. The fourth-order valence-corrected chi connectivity index (χ4v) is 2.43. The number of amides is 1. The van der Waals surface area contributed by atoms with Crippen molar-refractivity contribution in [3.8, 4) is 0 Å². The van der Waals surface area contributed by atoms with Crippen LogP contribution in [0.2, 0.25) is 5.02 Å². The van der Waals surface area contributed by atoms with E-state index in [0.717, 1.165) is 16.7 Å². The second kappa shape index (κ2) is 7.97. The van der Waals surface area contributed by atoms with Crippen molar-refractivity contribution in [1.29, 1.82) is 0 Å². The largest absolute Gasteiger partial charge is 0.395 e. The molecule has 0 saturated carbocycles. The molecule has 1 N–H and O–H groups in total. The zero-order chi connectivity index (χ0) is 15.9. The fourth-order valence-electron chi connectivity index (χ4n) is 2.31. The first-order valence-corrected chi connectivity index (χ1v) is 7.65. The summed E-state index contributed by atoms with van der Waals surface area (Å²) in [6, 6.07) is 15.3. The normalized spacial score (nSPS) is 10.5. The minimum absolute atomic E-state index is 0.0123. The SMILES string of the molecule is Cc1ccccc1CC(=O)N(CCO)Cc1ccc(Cl)cc1. The standard InChI is InChI=1S/C18H20ClNO2/c1-14-4-2-3-5-16(14)12-18(22)20(10-11-21)13-15-6-8-17(19)9-7-15/h2-9,21H,10-13H2,1H3. The highest BCUT2D eigenvalue weighted by atomic mass is 35.5. The molecule has 0 aliphatic rings. The number of aliphatic hydroxyl groups excluding tert-OH is 1. The average Bonchev–Trinajstić information content (AvgIpc) is 2.51. The molecule has 2 aromatic rings. The number of rotatable bonds is 6. The molecule has 0 bridgehead atoms. The molecule has 0 fully saturated rings. The molecule has 22 heavy (non-hydrogen) atoms. The molecule has 0 spiro atoms. The maximum atomic E-state index is 12.5. The molecule has 0 saturated heterocycles. The third-order valence-electron chi connectivity index (χ3n) is 3.61. The predicted molar refractivity (Wildman–Crippen MR) is 88.8 cm³/mol. The van der Waals surface area contributed by atoms with Crippen LogP contribution < -0.4 is 0 Å². The van der Waals surface area contributed by atoms with Crippen LogP contribution in [0.3, 0.4) is 0 Å². The number of hydrogen-bond acceptors (Lipinski definition) is 2. The molecular formula is C18H20ClNO2. The first-order chi connectivity index (χ1) is 10.6. The van der Waals surface area contributed by atoms with E-state index in [4.69, 9.17) is 11.6 Å². The van der Waals surface area contributed by atoms with Crippen LogP contribution in [-0.2, 0) is 17.8 Å². The maximum Gasteiger partial charge on any atom is 0.227 e. The second-order valence-corrected chi connectivity index (χ2v) is 5.71. The molecule has 0 aliphatic heterocycles. The number of benzene rings is 2. The maximum absolute atomic E-state index is 12.5. The van der Waals surface area contributed by atoms with Gasteiger partial charge in [-0.3, -0.25) is 4.79 Å². The van der Waals surface area contributed by atoms with Crippen LogP contribution in [0.1, 0.15) is 16.7 Å². The summed E-state index contributed by atoms with van der Waals surface area (Å²) in [7, 11) is 0.